The van der Waals surface area contributed by atoms with Gasteiger partial charge in [-0.1, -0.05) is 35.0 Å². The quantitative estimate of drug-likeness (QED) is 0.431. The van der Waals surface area contributed by atoms with Crippen molar-refractivity contribution in [2.75, 3.05) is 31.2 Å². The summed E-state index contributed by atoms with van der Waals surface area (Å²) in [5.41, 5.74) is 7.99. The van der Waals surface area contributed by atoms with Crippen LogP contribution in [0.5, 0.6) is 0 Å². The molecule has 28 heavy (non-hydrogen) atoms. The van der Waals surface area contributed by atoms with E-state index >= 15 is 0 Å². The summed E-state index contributed by atoms with van der Waals surface area (Å²) in [6.07, 6.45) is 0. The summed E-state index contributed by atoms with van der Waals surface area (Å²) in [4.78, 5) is 29.1. The zero-order valence-electron chi connectivity index (χ0n) is 15.0. The van der Waals surface area contributed by atoms with Gasteiger partial charge in [-0.25, -0.2) is 15.0 Å². The van der Waals surface area contributed by atoms with Gasteiger partial charge in [0.2, 0.25) is 0 Å². The first-order valence-corrected chi connectivity index (χ1v) is 9.09. The monoisotopic (exact) mass is 379 g/mol. The standard InChI is InChI=1S/C18H18N8O2/c27-17(25-15-7-3-1-5-13(15)19-21-25)23-9-11-24(12-10-23)18(28)26-16-8-4-2-6-14(16)20-22-26/h1-8,19,21H,9-12H2/p+1. The van der Waals surface area contributed by atoms with E-state index in [9.17, 15) is 9.59 Å². The second-order valence-corrected chi connectivity index (χ2v) is 6.70. The lowest BCUT2D eigenvalue weighted by molar-refractivity contribution is -0.624. The molecule has 1 saturated heterocycles. The Kier molecular flexibility index (Phi) is 3.92. The Morgan fingerprint density at radius 3 is 2.39 bits per heavy atom. The Labute approximate surface area is 160 Å². The normalized spacial score (nSPS) is 16.5. The Bertz CT molecular complexity index is 1060. The number of nitrogens with one attached hydrogen (secondary N) is 1. The van der Waals surface area contributed by atoms with E-state index in [0.717, 1.165) is 11.4 Å². The number of piperazine rings is 1. The second kappa shape index (κ2) is 6.59. The van der Waals surface area contributed by atoms with Crippen LogP contribution in [-0.2, 0) is 0 Å². The number of urea groups is 1. The minimum absolute atomic E-state index is 0.125. The fourth-order valence-corrected chi connectivity index (χ4v) is 3.55. The predicted molar refractivity (Wildman–Crippen MR) is 101 cm³/mol. The van der Waals surface area contributed by atoms with Crippen LogP contribution in [0, 0.1) is 0 Å². The van der Waals surface area contributed by atoms with Gasteiger partial charge in [0, 0.05) is 32.2 Å². The number of quaternary nitrogens is 1. The van der Waals surface area contributed by atoms with Gasteiger partial charge in [0.25, 0.3) is 0 Å². The molecule has 0 saturated carbocycles. The smallest absolute Gasteiger partial charge is 0.320 e. The van der Waals surface area contributed by atoms with E-state index < -0.39 is 0 Å². The van der Waals surface area contributed by atoms with Crippen molar-refractivity contribution in [1.29, 1.82) is 0 Å². The zero-order chi connectivity index (χ0) is 19.1. The lowest BCUT2D eigenvalue weighted by atomic mass is 10.2. The van der Waals surface area contributed by atoms with Crippen molar-refractivity contribution in [2.45, 2.75) is 0 Å². The van der Waals surface area contributed by atoms with Crippen LogP contribution < -0.4 is 16.0 Å². The topological polar surface area (TPSA) is 103 Å². The number of carbonyl (C=O) groups is 2. The molecule has 1 aromatic heterocycles. The van der Waals surface area contributed by atoms with Crippen molar-refractivity contribution < 1.29 is 15.0 Å². The first kappa shape index (κ1) is 16.7. The van der Waals surface area contributed by atoms with Crippen molar-refractivity contribution in [2.24, 2.45) is 0 Å². The molecule has 2 aromatic carbocycles. The van der Waals surface area contributed by atoms with Crippen molar-refractivity contribution >= 4 is 34.5 Å². The molecule has 10 nitrogen and oxygen atoms in total. The number of para-hydroxylation sites is 3. The lowest BCUT2D eigenvalue weighted by Crippen LogP contribution is -2.88. The number of fused-ring (bicyclic) bond motifs is 2. The molecular formula is C18H19N8O2+. The number of hydrogen-bond donors (Lipinski definition) is 2. The molecule has 2 aliphatic rings. The van der Waals surface area contributed by atoms with E-state index in [2.05, 4.69) is 15.8 Å². The molecule has 0 atom stereocenters. The summed E-state index contributed by atoms with van der Waals surface area (Å²) in [6, 6.07) is 14.7. The molecule has 0 bridgehead atoms. The van der Waals surface area contributed by atoms with Crippen LogP contribution in [0.15, 0.2) is 48.5 Å². The number of benzene rings is 2. The van der Waals surface area contributed by atoms with Crippen LogP contribution >= 0.6 is 0 Å². The van der Waals surface area contributed by atoms with E-state index in [0.29, 0.717) is 37.2 Å². The maximum absolute atomic E-state index is 12.9. The summed E-state index contributed by atoms with van der Waals surface area (Å²) in [7, 11) is 0. The molecule has 3 amide bonds. The van der Waals surface area contributed by atoms with E-state index in [4.69, 9.17) is 0 Å². The number of nitrogens with two attached hydrogens (primary N) is 1. The maximum Gasteiger partial charge on any atom is 0.346 e. The number of nitrogens with zero attached hydrogens (tertiary/aromatic N) is 6. The Balaban J connectivity index is 1.27. The van der Waals surface area contributed by atoms with Gasteiger partial charge in [-0.3, -0.25) is 0 Å². The minimum Gasteiger partial charge on any atom is -0.320 e. The summed E-state index contributed by atoms with van der Waals surface area (Å²) in [5.74, 6) is 0. The van der Waals surface area contributed by atoms with E-state index in [-0.39, 0.29) is 12.1 Å². The average molecular weight is 379 g/mol. The Hall–Kier alpha value is -3.50. The predicted octanol–water partition coefficient (Wildman–Crippen LogP) is 0.272. The van der Waals surface area contributed by atoms with E-state index in [1.165, 1.54) is 9.69 Å². The minimum atomic E-state index is -0.223. The van der Waals surface area contributed by atoms with Gasteiger partial charge in [-0.15, -0.1) is 5.10 Å². The highest BCUT2D eigenvalue weighted by Gasteiger charge is 2.34. The zero-order valence-corrected chi connectivity index (χ0v) is 15.0. The highest BCUT2D eigenvalue weighted by atomic mass is 16.2. The third kappa shape index (κ3) is 2.66. The SMILES string of the molecule is O=C(N1CCN(C(=O)n2nnc3ccccc32)CC1)N1N[NH2+]c2ccccc21. The summed E-state index contributed by atoms with van der Waals surface area (Å²) in [5, 5.41) is 9.56. The van der Waals surface area contributed by atoms with Gasteiger partial charge in [0.05, 0.1) is 5.52 Å². The van der Waals surface area contributed by atoms with Gasteiger partial charge < -0.3 is 9.80 Å². The third-order valence-electron chi connectivity index (χ3n) is 5.07. The molecule has 0 spiro atoms. The number of amides is 3. The molecule has 3 N–H and O–H groups in total. The number of hydrogen-bond acceptors (Lipinski definition) is 5. The largest absolute Gasteiger partial charge is 0.346 e. The number of carbonyl (C=O) groups excluding carboxylic acids is 2. The van der Waals surface area contributed by atoms with Gasteiger partial charge in [-0.05, 0) is 18.2 Å². The van der Waals surface area contributed by atoms with Gasteiger partial charge in [0.1, 0.15) is 11.2 Å². The maximum atomic E-state index is 12.9. The van der Waals surface area contributed by atoms with Crippen LogP contribution in [0.1, 0.15) is 0 Å². The third-order valence-corrected chi connectivity index (χ3v) is 5.07. The van der Waals surface area contributed by atoms with E-state index in [1.807, 2.05) is 54.0 Å². The Morgan fingerprint density at radius 1 is 0.893 bits per heavy atom. The van der Waals surface area contributed by atoms with Crippen molar-refractivity contribution in [3.05, 3.63) is 48.5 Å². The highest BCUT2D eigenvalue weighted by molar-refractivity contribution is 5.94. The van der Waals surface area contributed by atoms with Gasteiger partial charge >= 0.3 is 12.1 Å². The van der Waals surface area contributed by atoms with E-state index in [1.54, 1.807) is 9.80 Å². The molecule has 5 rings (SSSR count). The number of anilines is 1. The molecule has 1 fully saturated rings. The molecule has 142 valence electrons. The Morgan fingerprint density at radius 2 is 1.57 bits per heavy atom. The highest BCUT2D eigenvalue weighted by Crippen LogP contribution is 2.24. The molecule has 10 heteroatoms. The summed E-state index contributed by atoms with van der Waals surface area (Å²) in [6.45, 7) is 1.80. The molecule has 0 aliphatic carbocycles. The molecule has 0 radical (unpaired) electrons. The van der Waals surface area contributed by atoms with Gasteiger partial charge in [0.15, 0.2) is 5.69 Å². The number of hydrazine groups is 1. The first-order chi connectivity index (χ1) is 13.7. The van der Waals surface area contributed by atoms with Gasteiger partial charge in [-0.2, -0.15) is 9.69 Å². The lowest BCUT2D eigenvalue weighted by Gasteiger charge is -2.35. The average Bonchev–Trinajstić information content (AvgIpc) is 3.37. The molecule has 3 heterocycles. The van der Waals surface area contributed by atoms with Crippen molar-refractivity contribution in [3.63, 3.8) is 0 Å². The van der Waals surface area contributed by atoms with Crippen LogP contribution in [0.25, 0.3) is 11.0 Å². The fourth-order valence-electron chi connectivity index (χ4n) is 3.55. The van der Waals surface area contributed by atoms with Crippen molar-refractivity contribution in [3.8, 4) is 0 Å². The summed E-state index contributed by atoms with van der Waals surface area (Å²) >= 11 is 0. The molecule has 0 unspecified atom stereocenters. The second-order valence-electron chi connectivity index (χ2n) is 6.70. The summed E-state index contributed by atoms with van der Waals surface area (Å²) < 4.78 is 1.32. The van der Waals surface area contributed by atoms with Crippen LogP contribution in [0.4, 0.5) is 21.0 Å². The molecule has 3 aromatic rings. The number of aromatic nitrogens is 3. The first-order valence-electron chi connectivity index (χ1n) is 9.09. The molecular weight excluding hydrogens is 360 g/mol. The van der Waals surface area contributed by atoms with Crippen molar-refractivity contribution in [1.82, 2.24) is 30.3 Å². The van der Waals surface area contributed by atoms with Crippen LogP contribution in [-0.4, -0.2) is 63.0 Å². The number of rotatable bonds is 0. The van der Waals surface area contributed by atoms with Crippen LogP contribution in [0.3, 0.4) is 0 Å². The van der Waals surface area contributed by atoms with Crippen LogP contribution in [0.2, 0.25) is 0 Å². The fraction of sp³-hybridized carbons (Fsp3) is 0.222. The molecule has 2 aliphatic heterocycles.